The predicted octanol–water partition coefficient (Wildman–Crippen LogP) is 0.759. The molecule has 0 N–H and O–H groups in total. The number of azide groups is 1. The van der Waals surface area contributed by atoms with Crippen LogP contribution in [0.15, 0.2) is 3.52 Å². The van der Waals surface area contributed by atoms with Crippen LogP contribution in [-0.2, 0) is 21.3 Å². The van der Waals surface area contributed by atoms with Crippen LogP contribution in [0.2, 0.25) is 0 Å². The summed E-state index contributed by atoms with van der Waals surface area (Å²) < 4.78 is 2.97. The fourth-order valence-electron chi connectivity index (χ4n) is 0. The van der Waals surface area contributed by atoms with E-state index in [-0.39, 0.29) is 0 Å². The Balaban J connectivity index is 3.11. The second-order valence-electron chi connectivity index (χ2n) is 0.179. The molecule has 0 atom stereocenters. The zero-order valence-corrected chi connectivity index (χ0v) is 3.99. The minimum atomic E-state index is 1.10. The first-order valence-electron chi connectivity index (χ1n) is 0.600. The van der Waals surface area contributed by atoms with Gasteiger partial charge < -0.3 is 0 Å². The molecule has 0 rings (SSSR count). The van der Waals surface area contributed by atoms with Gasteiger partial charge in [0.25, 0.3) is 0 Å². The number of hydrogen-bond acceptors (Lipinski definition) is 1. The van der Waals surface area contributed by atoms with Gasteiger partial charge in [-0.2, -0.15) is 0 Å². The van der Waals surface area contributed by atoms with E-state index in [1.807, 2.05) is 0 Å². The first kappa shape index (κ1) is 4.05. The second kappa shape index (κ2) is 3.05. The molecule has 0 aliphatic rings. The summed E-state index contributed by atoms with van der Waals surface area (Å²) >= 11 is 1.10. The third kappa shape index (κ3) is 2.05. The van der Waals surface area contributed by atoms with Gasteiger partial charge in [-0.25, -0.2) is 0 Å². The maximum absolute atomic E-state index is 7.35. The van der Waals surface area contributed by atoms with Crippen LogP contribution < -0.4 is 0 Å². The Kier molecular flexibility index (Phi) is 3.09. The molecule has 0 amide bonds. The molecular weight excluding hydrogens is 135 g/mol. The zero-order valence-electron chi connectivity index (χ0n) is 1.79. The first-order valence-corrected chi connectivity index (χ1v) is 1.58. The molecule has 0 aromatic carbocycles. The summed E-state index contributed by atoms with van der Waals surface area (Å²) in [5.74, 6) is 0. The maximum atomic E-state index is 7.35. The molecule has 0 aromatic heterocycles. The Morgan fingerprint density at radius 3 is 2.25 bits per heavy atom. The molecule has 0 saturated heterocycles. The summed E-state index contributed by atoms with van der Waals surface area (Å²) in [6.45, 7) is 0. The van der Waals surface area contributed by atoms with E-state index in [4.69, 9.17) is 5.53 Å². The number of hydrogen-bond donors (Lipinski definition) is 0. The van der Waals surface area contributed by atoms with Gasteiger partial charge >= 0.3 is 35.3 Å². The molecule has 4 heavy (non-hydrogen) atoms. The van der Waals surface area contributed by atoms with E-state index in [0.29, 0.717) is 0 Å². The molecule has 0 aliphatic carbocycles. The van der Waals surface area contributed by atoms with Gasteiger partial charge in [0, 0.05) is 0 Å². The SMILES string of the molecule is [N-]=[N+]=[N][Nb]. The Labute approximate surface area is 35.9 Å². The minimum absolute atomic E-state index is 1.10. The molecule has 0 spiro atoms. The van der Waals surface area contributed by atoms with E-state index >= 15 is 0 Å². The standard InChI is InChI=1S/N3.Nb/c1-3-2;/q-1;+1. The van der Waals surface area contributed by atoms with Gasteiger partial charge in [0.1, 0.15) is 0 Å². The normalized spacial score (nSPS) is 4.00. The summed E-state index contributed by atoms with van der Waals surface area (Å²) in [6, 6.07) is 0. The van der Waals surface area contributed by atoms with Crippen LogP contribution in [0.5, 0.6) is 0 Å². The summed E-state index contributed by atoms with van der Waals surface area (Å²) in [5.41, 5.74) is 7.35. The van der Waals surface area contributed by atoms with Crippen molar-refractivity contribution in [1.82, 2.24) is 0 Å². The van der Waals surface area contributed by atoms with Crippen LogP contribution in [0, 0.1) is 0 Å². The fourth-order valence-corrected chi connectivity index (χ4v) is 0. The van der Waals surface area contributed by atoms with Gasteiger partial charge in [0.05, 0.1) is 0 Å². The van der Waals surface area contributed by atoms with Crippen LogP contribution in [0.3, 0.4) is 0 Å². The van der Waals surface area contributed by atoms with Crippen molar-refractivity contribution < 1.29 is 21.3 Å². The first-order chi connectivity index (χ1) is 1.91. The monoisotopic (exact) mass is 135 g/mol. The van der Waals surface area contributed by atoms with Gasteiger partial charge in [-0.15, -0.1) is 0 Å². The van der Waals surface area contributed by atoms with Crippen molar-refractivity contribution in [3.8, 4) is 0 Å². The Hall–Kier alpha value is 0.0503. The van der Waals surface area contributed by atoms with E-state index in [1.165, 1.54) is 0 Å². The van der Waals surface area contributed by atoms with Crippen LogP contribution in [-0.4, -0.2) is 0 Å². The van der Waals surface area contributed by atoms with Crippen molar-refractivity contribution in [3.05, 3.63) is 10.4 Å². The molecule has 20 valence electrons. The molecule has 0 aromatic rings. The average Bonchev–Trinajstić information content (AvgIpc) is 1.37. The summed E-state index contributed by atoms with van der Waals surface area (Å²) in [7, 11) is 0. The van der Waals surface area contributed by atoms with Gasteiger partial charge in [-0.3, -0.25) is 0 Å². The van der Waals surface area contributed by atoms with Crippen LogP contribution in [0.25, 0.3) is 10.4 Å². The third-order valence-corrected chi connectivity index (χ3v) is 0.237. The molecule has 4 heteroatoms. The predicted molar refractivity (Wildman–Crippen MR) is 9.15 cm³/mol. The molecular formula is N3Nb. The summed E-state index contributed by atoms with van der Waals surface area (Å²) in [6.07, 6.45) is 0. The molecule has 0 aliphatic heterocycles. The third-order valence-electron chi connectivity index (χ3n) is 0.0400. The molecule has 0 saturated carbocycles. The van der Waals surface area contributed by atoms with E-state index in [9.17, 15) is 0 Å². The Morgan fingerprint density at radius 1 is 2.00 bits per heavy atom. The quantitative estimate of drug-likeness (QED) is 0.204. The van der Waals surface area contributed by atoms with Crippen LogP contribution in [0.4, 0.5) is 0 Å². The molecule has 3 nitrogen and oxygen atoms in total. The molecule has 0 bridgehead atoms. The van der Waals surface area contributed by atoms with Crippen molar-refractivity contribution in [2.45, 2.75) is 0 Å². The van der Waals surface area contributed by atoms with E-state index < -0.39 is 0 Å². The second-order valence-corrected chi connectivity index (χ2v) is 0.619. The van der Waals surface area contributed by atoms with Crippen molar-refractivity contribution in [2.75, 3.05) is 0 Å². The van der Waals surface area contributed by atoms with E-state index in [0.717, 1.165) is 21.3 Å². The van der Waals surface area contributed by atoms with E-state index in [2.05, 4.69) is 8.43 Å². The Morgan fingerprint density at radius 2 is 2.25 bits per heavy atom. The van der Waals surface area contributed by atoms with Gasteiger partial charge in [-0.05, 0) is 0 Å². The van der Waals surface area contributed by atoms with Crippen LogP contribution in [0.1, 0.15) is 0 Å². The summed E-state index contributed by atoms with van der Waals surface area (Å²) in [5, 5.41) is 0. The van der Waals surface area contributed by atoms with Crippen LogP contribution >= 0.6 is 0 Å². The summed E-state index contributed by atoms with van der Waals surface area (Å²) in [4.78, 5) is 2.38. The van der Waals surface area contributed by atoms with Crippen molar-refractivity contribution >= 4 is 0 Å². The number of nitrogens with zero attached hydrogens (tertiary/aromatic N) is 3. The van der Waals surface area contributed by atoms with Crippen molar-refractivity contribution in [3.63, 3.8) is 0 Å². The molecule has 0 heterocycles. The molecule has 0 fully saturated rings. The Bertz CT molecular complexity index is 41.2. The van der Waals surface area contributed by atoms with E-state index in [1.54, 1.807) is 0 Å². The fraction of sp³-hybridized carbons (Fsp3) is 0. The van der Waals surface area contributed by atoms with Gasteiger partial charge in [0.2, 0.25) is 0 Å². The van der Waals surface area contributed by atoms with Gasteiger partial charge in [-0.1, -0.05) is 0 Å². The number of rotatable bonds is 0. The zero-order chi connectivity index (χ0) is 3.41. The average molecular weight is 135 g/mol. The van der Waals surface area contributed by atoms with Crippen molar-refractivity contribution in [1.29, 1.82) is 0 Å². The van der Waals surface area contributed by atoms with Crippen molar-refractivity contribution in [2.24, 2.45) is 3.52 Å². The van der Waals surface area contributed by atoms with Gasteiger partial charge in [0.15, 0.2) is 0 Å². The molecule has 0 unspecified atom stereocenters. The molecule has 0 radical (unpaired) electrons. The topological polar surface area (TPSA) is 48.8 Å².